The quantitative estimate of drug-likeness (QED) is 0.530. The number of nitrogens with zero attached hydrogens (tertiary/aromatic N) is 2. The van der Waals surface area contributed by atoms with E-state index in [-0.39, 0.29) is 37.8 Å². The number of methoxy groups -OCH3 is 1. The van der Waals surface area contributed by atoms with E-state index in [4.69, 9.17) is 9.47 Å². The van der Waals surface area contributed by atoms with Gasteiger partial charge in [0.25, 0.3) is 5.91 Å². The molecule has 1 saturated heterocycles. The second kappa shape index (κ2) is 7.91. The highest BCUT2D eigenvalue weighted by molar-refractivity contribution is 6.15. The topological polar surface area (TPSA) is 76.2 Å². The third-order valence-corrected chi connectivity index (χ3v) is 5.81. The molecule has 1 fully saturated rings. The number of amides is 2. The van der Waals surface area contributed by atoms with Gasteiger partial charge in [-0.15, -0.1) is 6.58 Å². The average molecular weight is 420 g/mol. The first-order chi connectivity index (χ1) is 14.9. The molecule has 0 N–H and O–H groups in total. The minimum absolute atomic E-state index is 0.0365. The van der Waals surface area contributed by atoms with Gasteiger partial charge >= 0.3 is 5.97 Å². The molecule has 160 valence electrons. The minimum Gasteiger partial charge on any atom is -0.496 e. The van der Waals surface area contributed by atoms with Crippen LogP contribution in [0, 0.1) is 6.92 Å². The molecule has 4 rings (SSSR count). The van der Waals surface area contributed by atoms with Crippen molar-refractivity contribution in [2.24, 2.45) is 0 Å². The highest BCUT2D eigenvalue weighted by Crippen LogP contribution is 2.45. The number of aryl methyl sites for hydroxylation is 1. The summed E-state index contributed by atoms with van der Waals surface area (Å²) < 4.78 is 11.1. The van der Waals surface area contributed by atoms with Crippen LogP contribution < -0.4 is 9.64 Å². The Balaban J connectivity index is 1.74. The second-order valence-corrected chi connectivity index (χ2v) is 7.66. The Morgan fingerprint density at radius 3 is 2.74 bits per heavy atom. The normalized spacial score (nSPS) is 19.7. The Morgan fingerprint density at radius 2 is 2.00 bits per heavy atom. The van der Waals surface area contributed by atoms with E-state index in [0.29, 0.717) is 22.6 Å². The number of esters is 1. The Labute approximate surface area is 180 Å². The van der Waals surface area contributed by atoms with Crippen molar-refractivity contribution in [1.82, 2.24) is 4.90 Å². The van der Waals surface area contributed by atoms with E-state index in [0.717, 1.165) is 5.56 Å². The van der Waals surface area contributed by atoms with Gasteiger partial charge in [-0.25, -0.2) is 4.79 Å². The molecule has 2 aromatic carbocycles. The minimum atomic E-state index is -1.53. The number of rotatable bonds is 6. The summed E-state index contributed by atoms with van der Waals surface area (Å²) in [5.41, 5.74) is 0.982. The molecule has 7 nitrogen and oxygen atoms in total. The number of benzene rings is 2. The number of anilines is 1. The summed E-state index contributed by atoms with van der Waals surface area (Å²) in [5, 5.41) is 0. The molecule has 0 bridgehead atoms. The van der Waals surface area contributed by atoms with Crippen molar-refractivity contribution >= 4 is 23.5 Å². The molecule has 2 aromatic rings. The molecule has 2 amide bonds. The van der Waals surface area contributed by atoms with Gasteiger partial charge in [0.05, 0.1) is 18.4 Å². The molecule has 2 aliphatic rings. The highest BCUT2D eigenvalue weighted by Gasteiger charge is 2.61. The first-order valence-electron chi connectivity index (χ1n) is 10.1. The van der Waals surface area contributed by atoms with Gasteiger partial charge in [0.1, 0.15) is 12.4 Å². The van der Waals surface area contributed by atoms with Crippen LogP contribution >= 0.6 is 0 Å². The van der Waals surface area contributed by atoms with Crippen LogP contribution in [-0.2, 0) is 20.9 Å². The summed E-state index contributed by atoms with van der Waals surface area (Å²) >= 11 is 0. The number of hydrogen-bond donors (Lipinski definition) is 0. The number of para-hydroxylation sites is 1. The lowest BCUT2D eigenvalue weighted by Crippen LogP contribution is -2.68. The van der Waals surface area contributed by atoms with Crippen molar-refractivity contribution in [2.45, 2.75) is 32.0 Å². The molecule has 0 aliphatic carbocycles. The molecule has 2 aliphatic heterocycles. The number of hydrogen-bond acceptors (Lipinski definition) is 5. The predicted octanol–water partition coefficient (Wildman–Crippen LogP) is 3.21. The van der Waals surface area contributed by atoms with E-state index in [1.165, 1.54) is 9.80 Å². The number of carbonyl (C=O) groups is 3. The van der Waals surface area contributed by atoms with Crippen LogP contribution in [0.5, 0.6) is 5.75 Å². The van der Waals surface area contributed by atoms with Crippen LogP contribution in [-0.4, -0.2) is 42.0 Å². The number of carbonyl (C=O) groups excluding carboxylic acids is 3. The standard InChI is InChI=1S/C24H24N2O5/c1-4-13-25-22(28)18-7-5-6-8-19(18)26-21(27)11-12-24(25,26)23(29)31-15-17-14-16(2)9-10-20(17)30-3/h4-10,14H,1,11-13,15H2,2-3H3/t24-/m0/s1. The molecular weight excluding hydrogens is 396 g/mol. The molecule has 7 heteroatoms. The Bertz CT molecular complexity index is 1080. The molecule has 0 unspecified atom stereocenters. The predicted molar refractivity (Wildman–Crippen MR) is 115 cm³/mol. The van der Waals surface area contributed by atoms with Crippen LogP contribution in [0.3, 0.4) is 0 Å². The van der Waals surface area contributed by atoms with Crippen LogP contribution in [0.2, 0.25) is 0 Å². The fraction of sp³-hybridized carbons (Fsp3) is 0.292. The van der Waals surface area contributed by atoms with E-state index in [2.05, 4.69) is 6.58 Å². The Morgan fingerprint density at radius 1 is 1.23 bits per heavy atom. The van der Waals surface area contributed by atoms with E-state index in [1.54, 1.807) is 37.5 Å². The Kier molecular flexibility index (Phi) is 5.27. The van der Waals surface area contributed by atoms with E-state index in [1.807, 2.05) is 25.1 Å². The van der Waals surface area contributed by atoms with Crippen molar-refractivity contribution in [3.8, 4) is 5.75 Å². The zero-order valence-electron chi connectivity index (χ0n) is 17.6. The van der Waals surface area contributed by atoms with Crippen LogP contribution in [0.4, 0.5) is 5.69 Å². The molecular formula is C24H24N2O5. The molecule has 1 atom stereocenters. The maximum Gasteiger partial charge on any atom is 0.354 e. The van der Waals surface area contributed by atoms with E-state index < -0.39 is 11.6 Å². The zero-order chi connectivity index (χ0) is 22.2. The van der Waals surface area contributed by atoms with Gasteiger partial charge in [0.2, 0.25) is 11.6 Å². The summed E-state index contributed by atoms with van der Waals surface area (Å²) in [6.45, 7) is 5.74. The van der Waals surface area contributed by atoms with Gasteiger partial charge < -0.3 is 14.4 Å². The molecule has 31 heavy (non-hydrogen) atoms. The second-order valence-electron chi connectivity index (χ2n) is 7.66. The Hall–Kier alpha value is -3.61. The summed E-state index contributed by atoms with van der Waals surface area (Å²) in [7, 11) is 1.55. The summed E-state index contributed by atoms with van der Waals surface area (Å²) in [6.07, 6.45) is 1.84. The maximum atomic E-state index is 13.6. The summed E-state index contributed by atoms with van der Waals surface area (Å²) in [5.74, 6) is -0.597. The third-order valence-electron chi connectivity index (χ3n) is 5.81. The van der Waals surface area contributed by atoms with Gasteiger partial charge in [-0.05, 0) is 31.2 Å². The van der Waals surface area contributed by atoms with Gasteiger partial charge in [-0.3, -0.25) is 14.5 Å². The van der Waals surface area contributed by atoms with Gasteiger partial charge in [-0.1, -0.05) is 29.8 Å². The lowest BCUT2D eigenvalue weighted by atomic mass is 9.96. The van der Waals surface area contributed by atoms with Gasteiger partial charge in [0, 0.05) is 24.9 Å². The van der Waals surface area contributed by atoms with Gasteiger partial charge in [-0.2, -0.15) is 0 Å². The maximum absolute atomic E-state index is 13.6. The monoisotopic (exact) mass is 420 g/mol. The first-order valence-corrected chi connectivity index (χ1v) is 10.1. The van der Waals surface area contributed by atoms with Crippen LogP contribution in [0.25, 0.3) is 0 Å². The van der Waals surface area contributed by atoms with Crippen LogP contribution in [0.1, 0.15) is 34.3 Å². The van der Waals surface area contributed by atoms with Crippen molar-refractivity contribution in [2.75, 3.05) is 18.6 Å². The SMILES string of the molecule is C=CCN1C(=O)c2ccccc2N2C(=O)CC[C@]12C(=O)OCc1cc(C)ccc1OC. The van der Waals surface area contributed by atoms with Gasteiger partial charge in [0.15, 0.2) is 0 Å². The highest BCUT2D eigenvalue weighted by atomic mass is 16.5. The largest absolute Gasteiger partial charge is 0.496 e. The van der Waals surface area contributed by atoms with Crippen LogP contribution in [0.15, 0.2) is 55.1 Å². The van der Waals surface area contributed by atoms with Crippen molar-refractivity contribution < 1.29 is 23.9 Å². The lowest BCUT2D eigenvalue weighted by Gasteiger charge is -2.48. The summed E-state index contributed by atoms with van der Waals surface area (Å²) in [4.78, 5) is 42.6. The average Bonchev–Trinajstić information content (AvgIpc) is 3.13. The number of ether oxygens (including phenoxy) is 2. The summed E-state index contributed by atoms with van der Waals surface area (Å²) in [6, 6.07) is 12.4. The molecule has 0 spiro atoms. The van der Waals surface area contributed by atoms with Crippen molar-refractivity contribution in [3.63, 3.8) is 0 Å². The molecule has 0 radical (unpaired) electrons. The van der Waals surface area contributed by atoms with Crippen molar-refractivity contribution in [1.29, 1.82) is 0 Å². The molecule has 0 saturated carbocycles. The lowest BCUT2D eigenvalue weighted by molar-refractivity contribution is -0.158. The zero-order valence-corrected chi connectivity index (χ0v) is 17.6. The third kappa shape index (κ3) is 3.17. The number of fused-ring (bicyclic) bond motifs is 3. The smallest absolute Gasteiger partial charge is 0.354 e. The fourth-order valence-electron chi connectivity index (χ4n) is 4.41. The molecule has 2 heterocycles. The fourth-order valence-corrected chi connectivity index (χ4v) is 4.41. The molecule has 0 aromatic heterocycles. The first kappa shape index (κ1) is 20.7. The van der Waals surface area contributed by atoms with E-state index >= 15 is 0 Å². The van der Waals surface area contributed by atoms with E-state index in [9.17, 15) is 14.4 Å². The van der Waals surface area contributed by atoms with Crippen molar-refractivity contribution in [3.05, 3.63) is 71.8 Å².